The summed E-state index contributed by atoms with van der Waals surface area (Å²) in [4.78, 5) is 0. The first-order valence-electron chi connectivity index (χ1n) is 3.63. The topological polar surface area (TPSA) is 41.6 Å². The molecule has 12 heavy (non-hydrogen) atoms. The fourth-order valence-electron chi connectivity index (χ4n) is 0.865. The second kappa shape index (κ2) is 3.28. The highest BCUT2D eigenvalue weighted by molar-refractivity contribution is 9.10. The highest BCUT2D eigenvalue weighted by Gasteiger charge is 2.17. The molecule has 4 heteroatoms. The summed E-state index contributed by atoms with van der Waals surface area (Å²) in [6.07, 6.45) is 3.58. The molecule has 3 nitrogen and oxygen atoms in total. The van der Waals surface area contributed by atoms with Gasteiger partial charge >= 0.3 is 0 Å². The molecule has 0 fully saturated rings. The predicted molar refractivity (Wildman–Crippen MR) is 49.3 cm³/mol. The van der Waals surface area contributed by atoms with Crippen molar-refractivity contribution in [3.05, 3.63) is 16.9 Å². The Bertz CT molecular complexity index is 308. The van der Waals surface area contributed by atoms with Crippen molar-refractivity contribution in [3.8, 4) is 6.07 Å². The van der Waals surface area contributed by atoms with Crippen LogP contribution in [0, 0.1) is 16.7 Å². The van der Waals surface area contributed by atoms with Crippen molar-refractivity contribution in [2.75, 3.05) is 0 Å². The average Bonchev–Trinajstić information content (AvgIpc) is 2.35. The van der Waals surface area contributed by atoms with E-state index in [-0.39, 0.29) is 5.41 Å². The van der Waals surface area contributed by atoms with Crippen LogP contribution in [0.5, 0.6) is 0 Å². The van der Waals surface area contributed by atoms with Crippen molar-refractivity contribution < 1.29 is 0 Å². The molecule has 0 atom stereocenters. The smallest absolute Gasteiger partial charge is 0.0713 e. The Labute approximate surface area is 80.1 Å². The summed E-state index contributed by atoms with van der Waals surface area (Å²) in [6, 6.07) is 2.22. The number of hydrogen-bond acceptors (Lipinski definition) is 2. The van der Waals surface area contributed by atoms with E-state index in [0.29, 0.717) is 6.54 Å². The van der Waals surface area contributed by atoms with Gasteiger partial charge in [0.15, 0.2) is 0 Å². The van der Waals surface area contributed by atoms with Gasteiger partial charge < -0.3 is 0 Å². The van der Waals surface area contributed by atoms with Crippen LogP contribution in [0.1, 0.15) is 13.8 Å². The number of aromatic nitrogens is 2. The number of nitrogens with zero attached hydrogens (tertiary/aromatic N) is 3. The van der Waals surface area contributed by atoms with E-state index in [1.807, 2.05) is 20.0 Å². The van der Waals surface area contributed by atoms with Gasteiger partial charge in [0.2, 0.25) is 0 Å². The van der Waals surface area contributed by atoms with E-state index in [1.165, 1.54) is 0 Å². The molecule has 1 aromatic rings. The molecule has 0 aromatic carbocycles. The summed E-state index contributed by atoms with van der Waals surface area (Å²) in [5.74, 6) is 0. The molecule has 0 unspecified atom stereocenters. The minimum Gasteiger partial charge on any atom is -0.270 e. The van der Waals surface area contributed by atoms with Gasteiger partial charge in [-0.3, -0.25) is 4.68 Å². The second-order valence-corrected chi connectivity index (χ2v) is 4.27. The Hall–Kier alpha value is -0.820. The molecule has 0 bridgehead atoms. The van der Waals surface area contributed by atoms with Crippen molar-refractivity contribution in [3.63, 3.8) is 0 Å². The molecule has 0 saturated carbocycles. The van der Waals surface area contributed by atoms with Crippen LogP contribution in [0.15, 0.2) is 16.9 Å². The van der Waals surface area contributed by atoms with Gasteiger partial charge in [-0.1, -0.05) is 0 Å². The zero-order valence-electron chi connectivity index (χ0n) is 7.08. The summed E-state index contributed by atoms with van der Waals surface area (Å²) in [5, 5.41) is 12.8. The van der Waals surface area contributed by atoms with E-state index in [2.05, 4.69) is 27.1 Å². The lowest BCUT2D eigenvalue weighted by Gasteiger charge is -2.14. The molecule has 0 aliphatic rings. The van der Waals surface area contributed by atoms with Gasteiger partial charge in [-0.05, 0) is 29.8 Å². The van der Waals surface area contributed by atoms with Crippen molar-refractivity contribution in [1.82, 2.24) is 9.78 Å². The highest BCUT2D eigenvalue weighted by Crippen LogP contribution is 2.17. The van der Waals surface area contributed by atoms with Crippen molar-refractivity contribution >= 4 is 15.9 Å². The molecule has 0 saturated heterocycles. The molecule has 1 heterocycles. The monoisotopic (exact) mass is 227 g/mol. The summed E-state index contributed by atoms with van der Waals surface area (Å²) in [5.41, 5.74) is -0.356. The summed E-state index contributed by atoms with van der Waals surface area (Å²) >= 11 is 3.30. The molecule has 0 radical (unpaired) electrons. The molecule has 0 aliphatic heterocycles. The van der Waals surface area contributed by atoms with Gasteiger partial charge in [0.1, 0.15) is 0 Å². The Balaban J connectivity index is 2.72. The van der Waals surface area contributed by atoms with Gasteiger partial charge in [-0.2, -0.15) is 10.4 Å². The van der Waals surface area contributed by atoms with E-state index in [0.717, 1.165) is 4.47 Å². The molecule has 64 valence electrons. The first kappa shape index (κ1) is 9.27. The predicted octanol–water partition coefficient (Wildman–Crippen LogP) is 2.20. The van der Waals surface area contributed by atoms with E-state index >= 15 is 0 Å². The highest BCUT2D eigenvalue weighted by atomic mass is 79.9. The minimum atomic E-state index is -0.356. The molecule has 1 rings (SSSR count). The Morgan fingerprint density at radius 3 is 2.83 bits per heavy atom. The SMILES string of the molecule is CC(C)(C#N)Cn1cc(Br)cn1. The van der Waals surface area contributed by atoms with E-state index in [9.17, 15) is 0 Å². The third-order valence-electron chi connectivity index (χ3n) is 1.46. The van der Waals surface area contributed by atoms with Crippen LogP contribution in [0.2, 0.25) is 0 Å². The number of halogens is 1. The van der Waals surface area contributed by atoms with Crippen LogP contribution >= 0.6 is 15.9 Å². The van der Waals surface area contributed by atoms with Gasteiger partial charge in [0.05, 0.1) is 28.7 Å². The maximum Gasteiger partial charge on any atom is 0.0713 e. The largest absolute Gasteiger partial charge is 0.270 e. The van der Waals surface area contributed by atoms with Crippen LogP contribution in [-0.4, -0.2) is 9.78 Å². The van der Waals surface area contributed by atoms with Crippen molar-refractivity contribution in [1.29, 1.82) is 5.26 Å². The number of hydrogen-bond donors (Lipinski definition) is 0. The van der Waals surface area contributed by atoms with E-state index < -0.39 is 0 Å². The minimum absolute atomic E-state index is 0.356. The molecule has 0 spiro atoms. The van der Waals surface area contributed by atoms with E-state index in [4.69, 9.17) is 5.26 Å². The summed E-state index contributed by atoms with van der Waals surface area (Å²) in [6.45, 7) is 4.40. The number of rotatable bonds is 2. The fraction of sp³-hybridized carbons (Fsp3) is 0.500. The Morgan fingerprint density at radius 2 is 2.42 bits per heavy atom. The molecular formula is C8H10BrN3. The normalized spacial score (nSPS) is 11.2. The molecular weight excluding hydrogens is 218 g/mol. The maximum absolute atomic E-state index is 8.76. The number of nitriles is 1. The molecule has 0 N–H and O–H groups in total. The van der Waals surface area contributed by atoms with Crippen LogP contribution in [0.4, 0.5) is 0 Å². The third-order valence-corrected chi connectivity index (χ3v) is 1.87. The fourth-order valence-corrected chi connectivity index (χ4v) is 1.19. The van der Waals surface area contributed by atoms with Crippen LogP contribution < -0.4 is 0 Å². The van der Waals surface area contributed by atoms with Crippen LogP contribution in [0.25, 0.3) is 0 Å². The quantitative estimate of drug-likeness (QED) is 0.778. The Kier molecular flexibility index (Phi) is 2.53. The van der Waals surface area contributed by atoms with Gasteiger partial charge in [0, 0.05) is 6.20 Å². The summed E-state index contributed by atoms with van der Waals surface area (Å²) in [7, 11) is 0. The lowest BCUT2D eigenvalue weighted by Crippen LogP contribution is -2.17. The molecule has 0 aliphatic carbocycles. The zero-order chi connectivity index (χ0) is 9.19. The summed E-state index contributed by atoms with van der Waals surface area (Å²) < 4.78 is 2.70. The van der Waals surface area contributed by atoms with Crippen LogP contribution in [0.3, 0.4) is 0 Å². The van der Waals surface area contributed by atoms with E-state index in [1.54, 1.807) is 10.9 Å². The van der Waals surface area contributed by atoms with Gasteiger partial charge in [-0.15, -0.1) is 0 Å². The average molecular weight is 228 g/mol. The van der Waals surface area contributed by atoms with Crippen LogP contribution in [-0.2, 0) is 6.54 Å². The van der Waals surface area contributed by atoms with Gasteiger partial charge in [-0.25, -0.2) is 0 Å². The first-order valence-corrected chi connectivity index (χ1v) is 4.42. The first-order chi connectivity index (χ1) is 5.53. The standard InChI is InChI=1S/C8H10BrN3/c1-8(2,5-10)6-12-4-7(9)3-11-12/h3-4H,6H2,1-2H3. The second-order valence-electron chi connectivity index (χ2n) is 3.35. The molecule has 1 aromatic heterocycles. The lowest BCUT2D eigenvalue weighted by molar-refractivity contribution is 0.384. The Morgan fingerprint density at radius 1 is 1.75 bits per heavy atom. The van der Waals surface area contributed by atoms with Crippen molar-refractivity contribution in [2.24, 2.45) is 5.41 Å². The molecule has 0 amide bonds. The lowest BCUT2D eigenvalue weighted by atomic mass is 9.96. The zero-order valence-corrected chi connectivity index (χ0v) is 8.67. The van der Waals surface area contributed by atoms with Gasteiger partial charge in [0.25, 0.3) is 0 Å². The van der Waals surface area contributed by atoms with Crippen molar-refractivity contribution in [2.45, 2.75) is 20.4 Å². The third kappa shape index (κ3) is 2.35. The maximum atomic E-state index is 8.76.